The molecule has 0 amide bonds. The van der Waals surface area contributed by atoms with Crippen LogP contribution in [-0.2, 0) is 4.74 Å². The first kappa shape index (κ1) is 10.9. The Bertz CT molecular complexity index is 566. The zero-order chi connectivity index (χ0) is 11.7. The maximum absolute atomic E-state index is 11.6. The molecule has 2 aromatic rings. The Balaban J connectivity index is 2.79. The minimum absolute atomic E-state index is 0.377. The van der Waals surface area contributed by atoms with Gasteiger partial charge in [-0.05, 0) is 31.2 Å². The van der Waals surface area contributed by atoms with Gasteiger partial charge in [0.05, 0.1) is 18.2 Å². The number of fused-ring (bicyclic) bond motifs is 1. The van der Waals surface area contributed by atoms with E-state index in [9.17, 15) is 4.79 Å². The van der Waals surface area contributed by atoms with Crippen LogP contribution < -0.4 is 0 Å². The maximum Gasteiger partial charge on any atom is 0.338 e. The Labute approximate surface area is 98.0 Å². The number of benzene rings is 1. The molecule has 0 radical (unpaired) electrons. The van der Waals surface area contributed by atoms with E-state index in [1.165, 1.54) is 7.11 Å². The second-order valence-corrected chi connectivity index (χ2v) is 3.90. The molecule has 0 saturated heterocycles. The van der Waals surface area contributed by atoms with Gasteiger partial charge in [-0.25, -0.2) is 4.79 Å². The molecule has 0 atom stereocenters. The summed E-state index contributed by atoms with van der Waals surface area (Å²) in [7, 11) is 1.36. The molecule has 0 bridgehead atoms. The molecule has 0 fully saturated rings. The summed E-state index contributed by atoms with van der Waals surface area (Å²) in [4.78, 5) is 15.9. The second kappa shape index (κ2) is 4.10. The van der Waals surface area contributed by atoms with Crippen molar-refractivity contribution in [3.05, 3.63) is 40.5 Å². The Morgan fingerprint density at radius 1 is 1.38 bits per heavy atom. The summed E-state index contributed by atoms with van der Waals surface area (Å²) in [5.74, 6) is -0.377. The molecule has 82 valence electrons. The van der Waals surface area contributed by atoms with Crippen LogP contribution in [0.15, 0.2) is 24.3 Å². The number of halogens is 1. The Hall–Kier alpha value is -1.61. The topological polar surface area (TPSA) is 39.2 Å². The first-order valence-corrected chi connectivity index (χ1v) is 5.15. The largest absolute Gasteiger partial charge is 0.465 e. The number of aromatic nitrogens is 1. The van der Waals surface area contributed by atoms with Crippen molar-refractivity contribution in [2.45, 2.75) is 6.92 Å². The number of rotatable bonds is 1. The van der Waals surface area contributed by atoms with Gasteiger partial charge in [-0.1, -0.05) is 11.6 Å². The summed E-state index contributed by atoms with van der Waals surface area (Å²) in [6.45, 7) is 1.83. The van der Waals surface area contributed by atoms with Gasteiger partial charge in [0.1, 0.15) is 0 Å². The van der Waals surface area contributed by atoms with Gasteiger partial charge in [-0.15, -0.1) is 0 Å². The second-order valence-electron chi connectivity index (χ2n) is 3.46. The third-order valence-corrected chi connectivity index (χ3v) is 2.54. The number of carbonyl (C=O) groups excluding carboxylic acids is 1. The van der Waals surface area contributed by atoms with Crippen LogP contribution in [0.4, 0.5) is 0 Å². The summed E-state index contributed by atoms with van der Waals surface area (Å²) in [5.41, 5.74) is 2.01. The average Bonchev–Trinajstić information content (AvgIpc) is 2.27. The highest BCUT2D eigenvalue weighted by molar-refractivity contribution is 6.31. The molecule has 0 aliphatic rings. The van der Waals surface area contributed by atoms with E-state index in [0.717, 1.165) is 11.2 Å². The molecular formula is C12H10ClNO2. The number of aryl methyl sites for hydroxylation is 1. The third-order valence-electron chi connectivity index (χ3n) is 2.30. The van der Waals surface area contributed by atoms with E-state index in [1.807, 2.05) is 6.92 Å². The predicted octanol–water partition coefficient (Wildman–Crippen LogP) is 2.98. The van der Waals surface area contributed by atoms with Gasteiger partial charge in [0, 0.05) is 16.1 Å². The average molecular weight is 236 g/mol. The van der Waals surface area contributed by atoms with Crippen LogP contribution in [0.2, 0.25) is 5.02 Å². The zero-order valence-corrected chi connectivity index (χ0v) is 9.71. The summed E-state index contributed by atoms with van der Waals surface area (Å²) < 4.78 is 4.73. The van der Waals surface area contributed by atoms with E-state index in [2.05, 4.69) is 4.98 Å². The lowest BCUT2D eigenvalue weighted by molar-refractivity contribution is 0.0603. The minimum Gasteiger partial charge on any atom is -0.465 e. The lowest BCUT2D eigenvalue weighted by Crippen LogP contribution is -2.03. The van der Waals surface area contributed by atoms with Crippen molar-refractivity contribution in [3.8, 4) is 0 Å². The predicted molar refractivity (Wildman–Crippen MR) is 62.8 cm³/mol. The molecule has 3 nitrogen and oxygen atoms in total. The van der Waals surface area contributed by atoms with Gasteiger partial charge in [-0.3, -0.25) is 4.98 Å². The Kier molecular flexibility index (Phi) is 2.79. The first-order valence-electron chi connectivity index (χ1n) is 4.77. The summed E-state index contributed by atoms with van der Waals surface area (Å²) in [6, 6.07) is 6.95. The fourth-order valence-electron chi connectivity index (χ4n) is 1.61. The molecule has 1 aromatic carbocycles. The Morgan fingerprint density at radius 3 is 2.81 bits per heavy atom. The molecule has 0 saturated carbocycles. The van der Waals surface area contributed by atoms with Crippen LogP contribution in [0.25, 0.3) is 10.9 Å². The van der Waals surface area contributed by atoms with Crippen LogP contribution in [0.3, 0.4) is 0 Å². The SMILES string of the molecule is COC(=O)c1cc(C)nc2ccc(Cl)cc12. The number of esters is 1. The van der Waals surface area contributed by atoms with Crippen LogP contribution in [-0.4, -0.2) is 18.1 Å². The molecule has 0 aliphatic carbocycles. The van der Waals surface area contributed by atoms with Gasteiger partial charge < -0.3 is 4.74 Å². The first-order chi connectivity index (χ1) is 7.61. The normalized spacial score (nSPS) is 10.4. The number of pyridine rings is 1. The molecule has 2 rings (SSSR count). The number of hydrogen-bond acceptors (Lipinski definition) is 3. The fourth-order valence-corrected chi connectivity index (χ4v) is 1.78. The lowest BCUT2D eigenvalue weighted by atomic mass is 10.1. The number of nitrogens with zero attached hydrogens (tertiary/aromatic N) is 1. The molecule has 16 heavy (non-hydrogen) atoms. The van der Waals surface area contributed by atoms with E-state index >= 15 is 0 Å². The number of ether oxygens (including phenoxy) is 1. The van der Waals surface area contributed by atoms with Gasteiger partial charge in [-0.2, -0.15) is 0 Å². The molecule has 0 aliphatic heterocycles. The molecule has 0 N–H and O–H groups in total. The van der Waals surface area contributed by atoms with Crippen molar-refractivity contribution in [3.63, 3.8) is 0 Å². The number of hydrogen-bond donors (Lipinski definition) is 0. The van der Waals surface area contributed by atoms with Gasteiger partial charge in [0.15, 0.2) is 0 Å². The van der Waals surface area contributed by atoms with E-state index in [0.29, 0.717) is 16.0 Å². The minimum atomic E-state index is -0.377. The monoisotopic (exact) mass is 235 g/mol. The van der Waals surface area contributed by atoms with Crippen LogP contribution in [0.5, 0.6) is 0 Å². The highest BCUT2D eigenvalue weighted by Gasteiger charge is 2.12. The molecular weight excluding hydrogens is 226 g/mol. The smallest absolute Gasteiger partial charge is 0.338 e. The highest BCUT2D eigenvalue weighted by Crippen LogP contribution is 2.22. The van der Waals surface area contributed by atoms with Crippen molar-refractivity contribution < 1.29 is 9.53 Å². The van der Waals surface area contributed by atoms with Crippen molar-refractivity contribution in [1.82, 2.24) is 4.98 Å². The third kappa shape index (κ3) is 1.86. The molecule has 1 aromatic heterocycles. The van der Waals surface area contributed by atoms with Crippen LogP contribution >= 0.6 is 11.6 Å². The number of methoxy groups -OCH3 is 1. The van der Waals surface area contributed by atoms with Crippen molar-refractivity contribution in [1.29, 1.82) is 0 Å². The van der Waals surface area contributed by atoms with Crippen molar-refractivity contribution in [2.75, 3.05) is 7.11 Å². The zero-order valence-electron chi connectivity index (χ0n) is 8.95. The van der Waals surface area contributed by atoms with Gasteiger partial charge >= 0.3 is 5.97 Å². The van der Waals surface area contributed by atoms with Crippen LogP contribution in [0.1, 0.15) is 16.1 Å². The Morgan fingerprint density at radius 2 is 2.12 bits per heavy atom. The van der Waals surface area contributed by atoms with E-state index in [1.54, 1.807) is 24.3 Å². The highest BCUT2D eigenvalue weighted by atomic mass is 35.5. The van der Waals surface area contributed by atoms with E-state index in [-0.39, 0.29) is 5.97 Å². The summed E-state index contributed by atoms with van der Waals surface area (Å²) >= 11 is 5.90. The maximum atomic E-state index is 11.6. The van der Waals surface area contributed by atoms with Gasteiger partial charge in [0.2, 0.25) is 0 Å². The fraction of sp³-hybridized carbons (Fsp3) is 0.167. The van der Waals surface area contributed by atoms with Crippen molar-refractivity contribution in [2.24, 2.45) is 0 Å². The van der Waals surface area contributed by atoms with Crippen LogP contribution in [0, 0.1) is 6.92 Å². The van der Waals surface area contributed by atoms with E-state index in [4.69, 9.17) is 16.3 Å². The quantitative estimate of drug-likeness (QED) is 0.714. The molecule has 0 spiro atoms. The molecule has 1 heterocycles. The van der Waals surface area contributed by atoms with Crippen molar-refractivity contribution >= 4 is 28.5 Å². The summed E-state index contributed by atoms with van der Waals surface area (Å²) in [6.07, 6.45) is 0. The molecule has 0 unspecified atom stereocenters. The summed E-state index contributed by atoms with van der Waals surface area (Å²) in [5, 5.41) is 1.29. The van der Waals surface area contributed by atoms with E-state index < -0.39 is 0 Å². The lowest BCUT2D eigenvalue weighted by Gasteiger charge is -2.06. The van der Waals surface area contributed by atoms with Gasteiger partial charge in [0.25, 0.3) is 0 Å². The number of carbonyl (C=O) groups is 1. The standard InChI is InChI=1S/C12H10ClNO2/c1-7-5-10(12(15)16-2)9-6-8(13)3-4-11(9)14-7/h3-6H,1-2H3. The molecule has 4 heteroatoms.